The first-order chi connectivity index (χ1) is 13.9. The lowest BCUT2D eigenvalue weighted by atomic mass is 9.86. The highest BCUT2D eigenvalue weighted by atomic mass is 19.1. The minimum absolute atomic E-state index is 0.0481. The molecule has 0 radical (unpaired) electrons. The van der Waals surface area contributed by atoms with E-state index in [0.717, 1.165) is 49.3 Å². The van der Waals surface area contributed by atoms with Crippen LogP contribution >= 0.6 is 0 Å². The number of aromatic nitrogens is 2. The number of benzene rings is 1. The van der Waals surface area contributed by atoms with Gasteiger partial charge in [0.05, 0.1) is 11.3 Å². The van der Waals surface area contributed by atoms with Crippen molar-refractivity contribution in [1.29, 1.82) is 0 Å². The lowest BCUT2D eigenvalue weighted by Gasteiger charge is -2.35. The van der Waals surface area contributed by atoms with Crippen LogP contribution in [-0.4, -0.2) is 39.9 Å². The molecule has 1 aromatic heterocycles. The van der Waals surface area contributed by atoms with Crippen molar-refractivity contribution in [2.45, 2.75) is 51.0 Å². The fraction of sp³-hybridized carbons (Fsp3) is 0.500. The third-order valence-corrected chi connectivity index (χ3v) is 6.07. The van der Waals surface area contributed by atoms with Gasteiger partial charge in [0.25, 0.3) is 5.91 Å². The Balaban J connectivity index is 1.35. The molecule has 1 unspecified atom stereocenters. The molecule has 1 amide bonds. The van der Waals surface area contributed by atoms with Gasteiger partial charge in [-0.05, 0) is 68.7 Å². The molecule has 2 aliphatic rings. The third-order valence-electron chi connectivity index (χ3n) is 6.07. The first-order valence-electron chi connectivity index (χ1n) is 10.2. The zero-order chi connectivity index (χ0) is 20.5. The van der Waals surface area contributed by atoms with Gasteiger partial charge in [0.2, 0.25) is 0 Å². The Morgan fingerprint density at radius 3 is 2.62 bits per heavy atom. The highest BCUT2D eigenvalue weighted by molar-refractivity contribution is 5.95. The largest absolute Gasteiger partial charge is 0.339 e. The number of hydrogen-bond donors (Lipinski definition) is 1. The number of likely N-dealkylation sites (tertiary alicyclic amines) is 1. The van der Waals surface area contributed by atoms with E-state index in [1.165, 1.54) is 6.07 Å². The Hall–Kier alpha value is -2.41. The monoisotopic (exact) mass is 400 g/mol. The minimum Gasteiger partial charge on any atom is -0.339 e. The predicted octanol–water partition coefficient (Wildman–Crippen LogP) is 3.36. The van der Waals surface area contributed by atoms with Crippen molar-refractivity contribution < 1.29 is 13.6 Å². The van der Waals surface area contributed by atoms with E-state index in [2.05, 4.69) is 9.97 Å². The van der Waals surface area contributed by atoms with E-state index >= 15 is 0 Å². The number of nitrogens with zero attached hydrogens (tertiary/aromatic N) is 3. The van der Waals surface area contributed by atoms with E-state index in [4.69, 9.17) is 5.73 Å². The number of hydrogen-bond acceptors (Lipinski definition) is 4. The second-order valence-corrected chi connectivity index (χ2v) is 8.23. The Labute approximate surface area is 169 Å². The van der Waals surface area contributed by atoms with E-state index in [1.807, 2.05) is 11.8 Å². The molecule has 154 valence electrons. The fourth-order valence-electron chi connectivity index (χ4n) is 4.05. The number of amides is 1. The molecule has 4 rings (SSSR count). The molecule has 1 atom stereocenters. The third kappa shape index (κ3) is 4.45. The van der Waals surface area contributed by atoms with Crippen LogP contribution < -0.4 is 5.73 Å². The topological polar surface area (TPSA) is 72.1 Å². The summed E-state index contributed by atoms with van der Waals surface area (Å²) in [5, 5.41) is 0. The van der Waals surface area contributed by atoms with Gasteiger partial charge in [0.1, 0.15) is 17.5 Å². The minimum atomic E-state index is -0.459. The van der Waals surface area contributed by atoms with Crippen LogP contribution in [0.1, 0.15) is 59.0 Å². The van der Waals surface area contributed by atoms with Crippen LogP contribution in [-0.2, 0) is 6.42 Å². The zero-order valence-electron chi connectivity index (χ0n) is 16.6. The van der Waals surface area contributed by atoms with Crippen molar-refractivity contribution in [2.75, 3.05) is 13.1 Å². The predicted molar refractivity (Wildman–Crippen MR) is 105 cm³/mol. The van der Waals surface area contributed by atoms with Gasteiger partial charge in [-0.3, -0.25) is 4.79 Å². The molecule has 1 aliphatic heterocycles. The van der Waals surface area contributed by atoms with Gasteiger partial charge < -0.3 is 10.6 Å². The van der Waals surface area contributed by atoms with Gasteiger partial charge in [0.15, 0.2) is 0 Å². The Morgan fingerprint density at radius 2 is 1.97 bits per heavy atom. The summed E-state index contributed by atoms with van der Waals surface area (Å²) < 4.78 is 27.3. The molecule has 2 fully saturated rings. The Bertz CT molecular complexity index is 908. The smallest absolute Gasteiger partial charge is 0.257 e. The molecule has 1 aromatic carbocycles. The molecule has 29 heavy (non-hydrogen) atoms. The van der Waals surface area contributed by atoms with Crippen LogP contribution in [0.15, 0.2) is 24.4 Å². The van der Waals surface area contributed by atoms with Crippen molar-refractivity contribution in [1.82, 2.24) is 14.9 Å². The maximum absolute atomic E-state index is 13.9. The molecule has 2 aromatic rings. The molecule has 7 heteroatoms. The quantitative estimate of drug-likeness (QED) is 0.835. The average molecular weight is 400 g/mol. The van der Waals surface area contributed by atoms with E-state index in [1.54, 1.807) is 6.20 Å². The van der Waals surface area contributed by atoms with Crippen molar-refractivity contribution in [2.24, 2.45) is 11.7 Å². The SMILES string of the molecule is Cc1nc(C2CC2)ncc1C(=O)N1CCC(C(N)Cc2cc(F)ccc2F)CC1. The molecule has 0 bridgehead atoms. The highest BCUT2D eigenvalue weighted by Crippen LogP contribution is 2.38. The highest BCUT2D eigenvalue weighted by Gasteiger charge is 2.30. The van der Waals surface area contributed by atoms with E-state index < -0.39 is 11.6 Å². The molecule has 1 aliphatic carbocycles. The van der Waals surface area contributed by atoms with Crippen LogP contribution in [0.2, 0.25) is 0 Å². The van der Waals surface area contributed by atoms with Crippen molar-refractivity contribution in [3.63, 3.8) is 0 Å². The van der Waals surface area contributed by atoms with Crippen molar-refractivity contribution in [3.8, 4) is 0 Å². The lowest BCUT2D eigenvalue weighted by molar-refractivity contribution is 0.0676. The number of halogens is 2. The number of piperidine rings is 1. The standard InChI is InChI=1S/C22H26F2N4O/c1-13-18(12-26-21(27-13)15-2-3-15)22(29)28-8-6-14(7-9-28)20(25)11-16-10-17(23)4-5-19(16)24/h4-5,10,12,14-15,20H,2-3,6-9,11,25H2,1H3. The molecular weight excluding hydrogens is 374 g/mol. The molecule has 1 saturated heterocycles. The van der Waals surface area contributed by atoms with Crippen molar-refractivity contribution >= 4 is 5.91 Å². The molecule has 2 heterocycles. The first-order valence-corrected chi connectivity index (χ1v) is 10.2. The number of aryl methyl sites for hydroxylation is 1. The molecule has 2 N–H and O–H groups in total. The van der Waals surface area contributed by atoms with Crippen LogP contribution in [0, 0.1) is 24.5 Å². The maximum Gasteiger partial charge on any atom is 0.257 e. The van der Waals surface area contributed by atoms with Crippen LogP contribution in [0.25, 0.3) is 0 Å². The van der Waals surface area contributed by atoms with Gasteiger partial charge >= 0.3 is 0 Å². The summed E-state index contributed by atoms with van der Waals surface area (Å²) >= 11 is 0. The van der Waals surface area contributed by atoms with Crippen LogP contribution in [0.3, 0.4) is 0 Å². The Kier molecular flexibility index (Phi) is 5.58. The molecular formula is C22H26F2N4O. The zero-order valence-corrected chi connectivity index (χ0v) is 16.6. The second kappa shape index (κ2) is 8.14. The van der Waals surface area contributed by atoms with E-state index in [0.29, 0.717) is 30.1 Å². The van der Waals surface area contributed by atoms with E-state index in [9.17, 15) is 13.6 Å². The molecule has 5 nitrogen and oxygen atoms in total. The summed E-state index contributed by atoms with van der Waals surface area (Å²) in [4.78, 5) is 23.6. The van der Waals surface area contributed by atoms with Crippen molar-refractivity contribution in [3.05, 3.63) is 58.7 Å². The number of carbonyl (C=O) groups excluding carboxylic acids is 1. The summed E-state index contributed by atoms with van der Waals surface area (Å²) in [6, 6.07) is 3.18. The van der Waals surface area contributed by atoms with Gasteiger partial charge in [-0.2, -0.15) is 0 Å². The van der Waals surface area contributed by atoms with E-state index in [-0.39, 0.29) is 24.3 Å². The van der Waals surface area contributed by atoms with Gasteiger partial charge in [-0.15, -0.1) is 0 Å². The van der Waals surface area contributed by atoms with Crippen LogP contribution in [0.4, 0.5) is 8.78 Å². The summed E-state index contributed by atoms with van der Waals surface area (Å²) in [5.74, 6) is 0.523. The normalized spacial score (nSPS) is 18.7. The van der Waals surface area contributed by atoms with Gasteiger partial charge in [-0.1, -0.05) is 0 Å². The lowest BCUT2D eigenvalue weighted by Crippen LogP contribution is -2.44. The molecule has 1 saturated carbocycles. The maximum atomic E-state index is 13.9. The Morgan fingerprint density at radius 1 is 1.24 bits per heavy atom. The summed E-state index contributed by atoms with van der Waals surface area (Å²) in [6.07, 6.45) is 5.68. The number of carbonyl (C=O) groups is 1. The van der Waals surface area contributed by atoms with Crippen LogP contribution in [0.5, 0.6) is 0 Å². The average Bonchev–Trinajstić information content (AvgIpc) is 3.55. The second-order valence-electron chi connectivity index (χ2n) is 8.23. The summed E-state index contributed by atoms with van der Waals surface area (Å²) in [7, 11) is 0. The number of nitrogens with two attached hydrogens (primary N) is 1. The van der Waals surface area contributed by atoms with Gasteiger partial charge in [-0.25, -0.2) is 18.7 Å². The summed E-state index contributed by atoms with van der Waals surface area (Å²) in [6.45, 7) is 3.04. The summed E-state index contributed by atoms with van der Waals surface area (Å²) in [5.41, 5.74) is 7.88. The fourth-order valence-corrected chi connectivity index (χ4v) is 4.05. The van der Waals surface area contributed by atoms with Gasteiger partial charge in [0, 0.05) is 31.2 Å². The number of rotatable bonds is 5. The first kappa shape index (κ1) is 19.9. The molecule has 0 spiro atoms.